The number of piperidine rings is 1. The second-order valence-electron chi connectivity index (χ2n) is 10.4. The normalized spacial score (nSPS) is 26.4. The molecule has 1 saturated carbocycles. The molecule has 2 fully saturated rings. The van der Waals surface area contributed by atoms with Crippen LogP contribution in [0.5, 0.6) is 5.75 Å². The van der Waals surface area contributed by atoms with E-state index in [1.165, 1.54) is 0 Å². The van der Waals surface area contributed by atoms with Gasteiger partial charge in [-0.3, -0.25) is 0 Å². The summed E-state index contributed by atoms with van der Waals surface area (Å²) in [5, 5.41) is 15.7. The van der Waals surface area contributed by atoms with E-state index in [0.29, 0.717) is 18.3 Å². The number of amides is 1. The Hall–Kier alpha value is -2.32. The number of ether oxygens (including phenoxy) is 3. The number of para-hydroxylation sites is 1. The third-order valence-electron chi connectivity index (χ3n) is 6.48. The molecule has 34 heavy (non-hydrogen) atoms. The lowest BCUT2D eigenvalue weighted by molar-refractivity contribution is -0.144. The lowest BCUT2D eigenvalue weighted by Gasteiger charge is -2.36. The Morgan fingerprint density at radius 2 is 1.85 bits per heavy atom. The van der Waals surface area contributed by atoms with Crippen LogP contribution in [0.2, 0.25) is 0 Å². The Bertz CT molecular complexity index is 816. The molecule has 1 aliphatic carbocycles. The summed E-state index contributed by atoms with van der Waals surface area (Å²) in [6, 6.07) is 7.79. The number of carboxylic acid groups (broad SMARTS) is 1. The van der Waals surface area contributed by atoms with Gasteiger partial charge in [-0.1, -0.05) is 18.2 Å². The van der Waals surface area contributed by atoms with Crippen LogP contribution in [-0.4, -0.2) is 60.2 Å². The Morgan fingerprint density at radius 1 is 1.15 bits per heavy atom. The van der Waals surface area contributed by atoms with E-state index in [9.17, 15) is 14.7 Å². The highest BCUT2D eigenvalue weighted by atomic mass is 16.6. The number of hydrogen-bond acceptors (Lipinski definition) is 6. The predicted molar refractivity (Wildman–Crippen MR) is 129 cm³/mol. The minimum absolute atomic E-state index is 0.0137. The molecule has 1 amide bonds. The zero-order chi connectivity index (χ0) is 24.7. The summed E-state index contributed by atoms with van der Waals surface area (Å²) < 4.78 is 17.4. The second-order valence-corrected chi connectivity index (χ2v) is 10.4. The second kappa shape index (κ2) is 11.9. The third kappa shape index (κ3) is 7.87. The Morgan fingerprint density at radius 3 is 2.53 bits per heavy atom. The van der Waals surface area contributed by atoms with E-state index in [1.807, 2.05) is 45.0 Å². The summed E-state index contributed by atoms with van der Waals surface area (Å²) >= 11 is 0. The molecule has 0 unspecified atom stereocenters. The Kier molecular flexibility index (Phi) is 9.19. The van der Waals surface area contributed by atoms with Gasteiger partial charge in [0.1, 0.15) is 11.4 Å². The fourth-order valence-electron chi connectivity index (χ4n) is 4.71. The first-order chi connectivity index (χ1) is 16.1. The maximum atomic E-state index is 12.2. The van der Waals surface area contributed by atoms with Crippen molar-refractivity contribution in [2.45, 2.75) is 102 Å². The van der Waals surface area contributed by atoms with E-state index in [0.717, 1.165) is 50.6 Å². The maximum absolute atomic E-state index is 12.2. The molecular formula is C26H40N2O6. The van der Waals surface area contributed by atoms with Gasteiger partial charge in [0.15, 0.2) is 6.10 Å². The molecule has 1 saturated heterocycles. The Labute approximate surface area is 202 Å². The number of rotatable bonds is 8. The molecule has 1 aromatic carbocycles. The number of carbonyl (C=O) groups excluding carboxylic acids is 1. The van der Waals surface area contributed by atoms with Gasteiger partial charge in [-0.05, 0) is 90.3 Å². The quantitative estimate of drug-likeness (QED) is 0.516. The van der Waals surface area contributed by atoms with E-state index in [-0.39, 0.29) is 24.3 Å². The van der Waals surface area contributed by atoms with Crippen LogP contribution in [0.15, 0.2) is 24.3 Å². The number of carbonyl (C=O) groups is 2. The van der Waals surface area contributed by atoms with Crippen LogP contribution in [0.25, 0.3) is 0 Å². The fraction of sp³-hybridized carbons (Fsp3) is 0.692. The van der Waals surface area contributed by atoms with E-state index in [1.54, 1.807) is 6.92 Å². The number of hydrogen-bond donors (Lipinski definition) is 3. The summed E-state index contributed by atoms with van der Waals surface area (Å²) in [4.78, 5) is 23.4. The molecule has 0 bridgehead atoms. The average Bonchev–Trinajstić information content (AvgIpc) is 2.78. The number of alkyl carbamates (subject to hydrolysis) is 1. The SMILES string of the molecule is C[C@@H](Oc1ccccc1C1CCC(OC[C@H]2NCCC[C@@H]2NC(=O)OC(C)(C)C)CC1)C(=O)O. The third-order valence-corrected chi connectivity index (χ3v) is 6.48. The van der Waals surface area contributed by atoms with Crippen molar-refractivity contribution < 1.29 is 28.9 Å². The van der Waals surface area contributed by atoms with Crippen LogP contribution in [0, 0.1) is 0 Å². The van der Waals surface area contributed by atoms with Gasteiger partial charge in [0.2, 0.25) is 0 Å². The zero-order valence-corrected chi connectivity index (χ0v) is 20.8. The van der Waals surface area contributed by atoms with Crippen molar-refractivity contribution in [3.63, 3.8) is 0 Å². The number of aliphatic carboxylic acids is 1. The van der Waals surface area contributed by atoms with E-state index >= 15 is 0 Å². The van der Waals surface area contributed by atoms with E-state index in [2.05, 4.69) is 10.6 Å². The van der Waals surface area contributed by atoms with E-state index < -0.39 is 17.7 Å². The summed E-state index contributed by atoms with van der Waals surface area (Å²) in [6.07, 6.45) is 4.61. The zero-order valence-electron chi connectivity index (χ0n) is 20.8. The van der Waals surface area contributed by atoms with Gasteiger partial charge in [0.25, 0.3) is 0 Å². The van der Waals surface area contributed by atoms with Gasteiger partial charge in [-0.2, -0.15) is 0 Å². The average molecular weight is 477 g/mol. The molecule has 3 N–H and O–H groups in total. The van der Waals surface area contributed by atoms with Gasteiger partial charge >= 0.3 is 12.1 Å². The van der Waals surface area contributed by atoms with E-state index in [4.69, 9.17) is 14.2 Å². The summed E-state index contributed by atoms with van der Waals surface area (Å²) in [7, 11) is 0. The maximum Gasteiger partial charge on any atom is 0.407 e. The van der Waals surface area contributed by atoms with Gasteiger partial charge in [-0.15, -0.1) is 0 Å². The highest BCUT2D eigenvalue weighted by molar-refractivity contribution is 5.72. The van der Waals surface area contributed by atoms with Crippen LogP contribution in [0.3, 0.4) is 0 Å². The van der Waals surface area contributed by atoms with Gasteiger partial charge in [0.05, 0.1) is 18.8 Å². The van der Waals surface area contributed by atoms with Gasteiger partial charge in [-0.25, -0.2) is 9.59 Å². The first kappa shape index (κ1) is 26.3. The lowest BCUT2D eigenvalue weighted by atomic mass is 9.82. The molecule has 1 aliphatic heterocycles. The number of nitrogens with one attached hydrogen (secondary N) is 2. The van der Waals surface area contributed by atoms with Crippen LogP contribution in [0.1, 0.15) is 77.7 Å². The predicted octanol–water partition coefficient (Wildman–Crippen LogP) is 4.23. The van der Waals surface area contributed by atoms with Crippen LogP contribution in [0.4, 0.5) is 4.79 Å². The lowest BCUT2D eigenvalue weighted by Crippen LogP contribution is -2.56. The summed E-state index contributed by atoms with van der Waals surface area (Å²) in [5.74, 6) is 0.0124. The van der Waals surface area contributed by atoms with Crippen LogP contribution < -0.4 is 15.4 Å². The molecule has 190 valence electrons. The highest BCUT2D eigenvalue weighted by Crippen LogP contribution is 2.38. The first-order valence-corrected chi connectivity index (χ1v) is 12.5. The summed E-state index contributed by atoms with van der Waals surface area (Å²) in [6.45, 7) is 8.60. The molecule has 3 rings (SSSR count). The number of benzene rings is 1. The smallest absolute Gasteiger partial charge is 0.407 e. The largest absolute Gasteiger partial charge is 0.479 e. The molecule has 2 aliphatic rings. The standard InChI is InChI=1S/C26H40N2O6/c1-17(24(29)30)33-23-10-6-5-8-20(23)18-11-13-19(14-12-18)32-16-22-21(9-7-15-27-22)28-25(31)34-26(2,3)4/h5-6,8,10,17-19,21-22,27H,7,9,11-16H2,1-4H3,(H,28,31)(H,29,30)/t17-,18?,19?,21+,22-/m1/s1. The van der Waals surface area contributed by atoms with Crippen molar-refractivity contribution in [2.24, 2.45) is 0 Å². The molecule has 0 aromatic heterocycles. The molecular weight excluding hydrogens is 436 g/mol. The van der Waals surface area contributed by atoms with Crippen molar-refractivity contribution >= 4 is 12.1 Å². The van der Waals surface area contributed by atoms with Crippen molar-refractivity contribution in [1.29, 1.82) is 0 Å². The van der Waals surface area contributed by atoms with Crippen molar-refractivity contribution in [2.75, 3.05) is 13.2 Å². The number of carboxylic acids is 1. The summed E-state index contributed by atoms with van der Waals surface area (Å²) in [5.41, 5.74) is 0.552. The molecule has 8 heteroatoms. The van der Waals surface area contributed by atoms with Gasteiger partial charge in [0, 0.05) is 6.04 Å². The fourth-order valence-corrected chi connectivity index (χ4v) is 4.71. The molecule has 1 heterocycles. The van der Waals surface area contributed by atoms with Crippen molar-refractivity contribution in [3.8, 4) is 5.75 Å². The van der Waals surface area contributed by atoms with Crippen LogP contribution in [-0.2, 0) is 14.3 Å². The topological polar surface area (TPSA) is 106 Å². The minimum Gasteiger partial charge on any atom is -0.479 e. The molecule has 3 atom stereocenters. The van der Waals surface area contributed by atoms with Crippen LogP contribution >= 0.6 is 0 Å². The monoisotopic (exact) mass is 476 g/mol. The molecule has 8 nitrogen and oxygen atoms in total. The minimum atomic E-state index is -0.970. The highest BCUT2D eigenvalue weighted by Gasteiger charge is 2.31. The van der Waals surface area contributed by atoms with Crippen molar-refractivity contribution in [1.82, 2.24) is 10.6 Å². The molecule has 1 aromatic rings. The molecule has 0 spiro atoms. The first-order valence-electron chi connectivity index (χ1n) is 12.5. The van der Waals surface area contributed by atoms with Crippen molar-refractivity contribution in [3.05, 3.63) is 29.8 Å². The molecule has 0 radical (unpaired) electrons. The van der Waals surface area contributed by atoms with Gasteiger partial charge < -0.3 is 30.0 Å². The Balaban J connectivity index is 1.49.